The highest BCUT2D eigenvalue weighted by Gasteiger charge is 2.23. The Labute approximate surface area is 161 Å². The van der Waals surface area contributed by atoms with E-state index in [1.807, 2.05) is 13.8 Å². The standard InChI is InChI=1S/C15H20N6O4S2/c1-7(2)12-9(5-11(27(17,23)24)14(20-12)25-4)26-10-6-18-15(19-8(3)22)21-13(10)16/h5-7H,1-4H3,(H2,17,23,24)(H3,16,18,19,21,22). The fraction of sp³-hybridized carbons (Fsp3) is 0.333. The van der Waals surface area contributed by atoms with Gasteiger partial charge in [0.25, 0.3) is 0 Å². The van der Waals surface area contributed by atoms with Crippen molar-refractivity contribution in [3.63, 3.8) is 0 Å². The van der Waals surface area contributed by atoms with Gasteiger partial charge in [0.1, 0.15) is 10.7 Å². The lowest BCUT2D eigenvalue weighted by atomic mass is 10.1. The Morgan fingerprint density at radius 2 is 1.96 bits per heavy atom. The lowest BCUT2D eigenvalue weighted by Crippen LogP contribution is -2.15. The van der Waals surface area contributed by atoms with Gasteiger partial charge in [0, 0.05) is 18.0 Å². The lowest BCUT2D eigenvalue weighted by Gasteiger charge is -2.16. The van der Waals surface area contributed by atoms with Crippen LogP contribution in [0.4, 0.5) is 11.8 Å². The Hall–Kier alpha value is -2.44. The van der Waals surface area contributed by atoms with Crippen LogP contribution in [0.3, 0.4) is 0 Å². The van der Waals surface area contributed by atoms with Gasteiger partial charge in [-0.25, -0.2) is 23.5 Å². The van der Waals surface area contributed by atoms with Crippen LogP contribution in [0.2, 0.25) is 0 Å². The molecule has 0 fully saturated rings. The zero-order valence-electron chi connectivity index (χ0n) is 15.2. The second-order valence-corrected chi connectivity index (χ2v) is 8.42. The molecule has 0 aliphatic carbocycles. The summed E-state index contributed by atoms with van der Waals surface area (Å²) >= 11 is 1.15. The number of anilines is 2. The molecular formula is C15H20N6O4S2. The molecule has 2 aromatic heterocycles. The monoisotopic (exact) mass is 412 g/mol. The van der Waals surface area contributed by atoms with Crippen LogP contribution in [0.1, 0.15) is 32.4 Å². The molecule has 12 heteroatoms. The second kappa shape index (κ2) is 8.06. The van der Waals surface area contributed by atoms with E-state index in [0.717, 1.165) is 11.8 Å². The van der Waals surface area contributed by atoms with Crippen molar-refractivity contribution in [3.8, 4) is 5.88 Å². The van der Waals surface area contributed by atoms with Gasteiger partial charge >= 0.3 is 0 Å². The minimum Gasteiger partial charge on any atom is -0.480 e. The summed E-state index contributed by atoms with van der Waals surface area (Å²) < 4.78 is 28.8. The number of primary sulfonamides is 1. The van der Waals surface area contributed by atoms with Crippen LogP contribution in [0.15, 0.2) is 26.9 Å². The number of carbonyl (C=O) groups is 1. The maximum Gasteiger partial charge on any atom is 0.243 e. The lowest BCUT2D eigenvalue weighted by molar-refractivity contribution is -0.114. The number of amides is 1. The van der Waals surface area contributed by atoms with E-state index in [1.54, 1.807) is 0 Å². The summed E-state index contributed by atoms with van der Waals surface area (Å²) in [5.74, 6) is -0.227. The van der Waals surface area contributed by atoms with Crippen LogP contribution < -0.4 is 20.9 Å². The van der Waals surface area contributed by atoms with Crippen molar-refractivity contribution in [2.24, 2.45) is 5.14 Å². The first-order valence-corrected chi connectivity index (χ1v) is 10.1. The average Bonchev–Trinajstić information content (AvgIpc) is 2.55. The van der Waals surface area contributed by atoms with Crippen molar-refractivity contribution < 1.29 is 17.9 Å². The van der Waals surface area contributed by atoms with Crippen molar-refractivity contribution in [1.82, 2.24) is 15.0 Å². The van der Waals surface area contributed by atoms with Crippen LogP contribution in [0.25, 0.3) is 0 Å². The predicted octanol–water partition coefficient (Wildman–Crippen LogP) is 1.34. The molecule has 146 valence electrons. The number of nitrogens with zero attached hydrogens (tertiary/aromatic N) is 3. The predicted molar refractivity (Wildman–Crippen MR) is 101 cm³/mol. The molecule has 10 nitrogen and oxygen atoms in total. The van der Waals surface area contributed by atoms with E-state index < -0.39 is 10.0 Å². The van der Waals surface area contributed by atoms with Crippen molar-refractivity contribution >= 4 is 39.5 Å². The van der Waals surface area contributed by atoms with Crippen molar-refractivity contribution in [2.75, 3.05) is 18.2 Å². The topological polar surface area (TPSA) is 163 Å². The minimum atomic E-state index is -4.04. The van der Waals surface area contributed by atoms with Gasteiger partial charge < -0.3 is 10.5 Å². The number of nitrogens with one attached hydrogen (secondary N) is 1. The molecule has 2 rings (SSSR count). The molecule has 0 saturated carbocycles. The molecule has 0 aromatic carbocycles. The van der Waals surface area contributed by atoms with Crippen LogP contribution in [-0.2, 0) is 14.8 Å². The molecule has 5 N–H and O–H groups in total. The van der Waals surface area contributed by atoms with E-state index in [2.05, 4.69) is 20.3 Å². The fourth-order valence-corrected chi connectivity index (χ4v) is 3.90. The Balaban J connectivity index is 2.53. The van der Waals surface area contributed by atoms with E-state index in [4.69, 9.17) is 15.6 Å². The quantitative estimate of drug-likeness (QED) is 0.635. The molecule has 0 aliphatic heterocycles. The van der Waals surface area contributed by atoms with Crippen LogP contribution in [0, 0.1) is 0 Å². The van der Waals surface area contributed by atoms with Crippen LogP contribution in [0.5, 0.6) is 5.88 Å². The molecule has 27 heavy (non-hydrogen) atoms. The third-order valence-electron chi connectivity index (χ3n) is 3.28. The maximum absolute atomic E-state index is 11.9. The molecule has 0 saturated heterocycles. The van der Waals surface area contributed by atoms with Gasteiger partial charge in [-0.3, -0.25) is 10.1 Å². The van der Waals surface area contributed by atoms with Crippen molar-refractivity contribution in [2.45, 2.75) is 41.4 Å². The summed E-state index contributed by atoms with van der Waals surface area (Å²) in [5.41, 5.74) is 6.55. The van der Waals surface area contributed by atoms with Crippen LogP contribution >= 0.6 is 11.8 Å². The van der Waals surface area contributed by atoms with Gasteiger partial charge in [0.15, 0.2) is 0 Å². The van der Waals surface area contributed by atoms with Gasteiger partial charge in [-0.05, 0) is 12.0 Å². The van der Waals surface area contributed by atoms with Gasteiger partial charge in [0.2, 0.25) is 27.8 Å². The zero-order valence-corrected chi connectivity index (χ0v) is 16.8. The maximum atomic E-state index is 11.9. The molecular weight excluding hydrogens is 392 g/mol. The van der Waals surface area contributed by atoms with Crippen molar-refractivity contribution in [3.05, 3.63) is 18.0 Å². The number of carbonyl (C=O) groups excluding carboxylic acids is 1. The van der Waals surface area contributed by atoms with Gasteiger partial charge in [-0.15, -0.1) is 0 Å². The third-order valence-corrected chi connectivity index (χ3v) is 5.27. The number of ether oxygens (including phenoxy) is 1. The smallest absolute Gasteiger partial charge is 0.243 e. The largest absolute Gasteiger partial charge is 0.480 e. The normalized spacial score (nSPS) is 11.5. The molecule has 0 aliphatic rings. The summed E-state index contributed by atoms with van der Waals surface area (Å²) in [6.45, 7) is 5.14. The van der Waals surface area contributed by atoms with Gasteiger partial charge in [-0.1, -0.05) is 25.6 Å². The highest BCUT2D eigenvalue weighted by atomic mass is 32.2. The Morgan fingerprint density at radius 3 is 2.44 bits per heavy atom. The number of hydrogen-bond acceptors (Lipinski definition) is 9. The molecule has 0 atom stereocenters. The number of hydrogen-bond donors (Lipinski definition) is 3. The van der Waals surface area contributed by atoms with E-state index >= 15 is 0 Å². The number of nitrogen functional groups attached to an aromatic ring is 1. The molecule has 0 radical (unpaired) electrons. The zero-order chi connectivity index (χ0) is 20.4. The summed E-state index contributed by atoms with van der Waals surface area (Å²) in [4.78, 5) is 24.2. The number of sulfonamides is 1. The Morgan fingerprint density at radius 1 is 1.30 bits per heavy atom. The second-order valence-electron chi connectivity index (χ2n) is 5.81. The van der Waals surface area contributed by atoms with Crippen LogP contribution in [-0.4, -0.2) is 36.4 Å². The summed E-state index contributed by atoms with van der Waals surface area (Å²) in [6.07, 6.45) is 1.43. The molecule has 2 heterocycles. The molecule has 1 amide bonds. The Kier molecular flexibility index (Phi) is 6.23. The van der Waals surface area contributed by atoms with Gasteiger partial charge in [0.05, 0.1) is 17.7 Å². The first kappa shape index (κ1) is 20.9. The minimum absolute atomic E-state index is 0.0308. The number of rotatable bonds is 6. The first-order valence-electron chi connectivity index (χ1n) is 7.72. The van der Waals surface area contributed by atoms with E-state index in [0.29, 0.717) is 15.5 Å². The molecule has 0 spiro atoms. The molecule has 0 unspecified atom stereocenters. The van der Waals surface area contributed by atoms with E-state index in [9.17, 15) is 13.2 Å². The number of nitrogens with two attached hydrogens (primary N) is 2. The number of aromatic nitrogens is 3. The number of pyridine rings is 1. The third kappa shape index (κ3) is 5.05. The van der Waals surface area contributed by atoms with E-state index in [1.165, 1.54) is 26.3 Å². The Bertz CT molecular complexity index is 979. The fourth-order valence-electron chi connectivity index (χ4n) is 2.12. The summed E-state index contributed by atoms with van der Waals surface area (Å²) in [5, 5.41) is 7.71. The average molecular weight is 412 g/mol. The molecule has 0 bridgehead atoms. The molecule has 2 aromatic rings. The summed E-state index contributed by atoms with van der Waals surface area (Å²) in [6, 6.07) is 1.39. The van der Waals surface area contributed by atoms with E-state index in [-0.39, 0.29) is 34.4 Å². The summed E-state index contributed by atoms with van der Waals surface area (Å²) in [7, 11) is -2.72. The van der Waals surface area contributed by atoms with Gasteiger partial charge in [-0.2, -0.15) is 4.98 Å². The highest BCUT2D eigenvalue weighted by molar-refractivity contribution is 7.99. The van der Waals surface area contributed by atoms with Crippen molar-refractivity contribution in [1.29, 1.82) is 0 Å². The first-order chi connectivity index (χ1) is 12.5. The highest BCUT2D eigenvalue weighted by Crippen LogP contribution is 2.38. The number of methoxy groups -OCH3 is 1. The SMILES string of the molecule is COc1nc(C(C)C)c(Sc2cnc(NC(C)=O)nc2N)cc1S(N)(=O)=O.